The average molecular weight is 368 g/mol. The van der Waals surface area contributed by atoms with E-state index in [0.717, 1.165) is 23.5 Å². The smallest absolute Gasteiger partial charge is 0.161 e. The molecule has 2 nitrogen and oxygen atoms in total. The van der Waals surface area contributed by atoms with Crippen LogP contribution in [0.3, 0.4) is 0 Å². The second-order valence-electron chi connectivity index (χ2n) is 4.25. The first kappa shape index (κ1) is 14.2. The quantitative estimate of drug-likeness (QED) is 0.727. The van der Waals surface area contributed by atoms with E-state index in [1.807, 2.05) is 12.1 Å². The number of rotatable bonds is 5. The number of aryl methyl sites for hydroxylation is 1. The molecule has 100 valence electrons. The molecule has 0 atom stereocenters. The molecule has 0 heterocycles. The van der Waals surface area contributed by atoms with Gasteiger partial charge in [0.05, 0.1) is 7.11 Å². The fraction of sp³-hybridized carbons (Fsp3) is 0.250. The molecule has 2 rings (SSSR count). The monoisotopic (exact) mass is 368 g/mol. The molecule has 0 radical (unpaired) electrons. The Bertz CT molecular complexity index is 535. The lowest BCUT2D eigenvalue weighted by Crippen LogP contribution is -1.98. The van der Waals surface area contributed by atoms with Gasteiger partial charge in [-0.15, -0.1) is 0 Å². The van der Waals surface area contributed by atoms with Gasteiger partial charge < -0.3 is 9.47 Å². The summed E-state index contributed by atoms with van der Waals surface area (Å²) >= 11 is 2.29. The maximum absolute atomic E-state index is 5.83. The van der Waals surface area contributed by atoms with Gasteiger partial charge >= 0.3 is 0 Å². The predicted molar refractivity (Wildman–Crippen MR) is 85.9 cm³/mol. The minimum absolute atomic E-state index is 0.554. The molecule has 0 spiro atoms. The normalized spacial score (nSPS) is 10.3. The molecule has 0 N–H and O–H groups in total. The Kier molecular flexibility index (Phi) is 5.07. The molecule has 0 amide bonds. The lowest BCUT2D eigenvalue weighted by Gasteiger charge is -2.12. The van der Waals surface area contributed by atoms with E-state index in [-0.39, 0.29) is 0 Å². The topological polar surface area (TPSA) is 18.5 Å². The first-order chi connectivity index (χ1) is 9.22. The largest absolute Gasteiger partial charge is 0.493 e. The molecule has 0 bridgehead atoms. The van der Waals surface area contributed by atoms with Crippen LogP contribution in [0.2, 0.25) is 0 Å². The summed E-state index contributed by atoms with van der Waals surface area (Å²) < 4.78 is 12.4. The van der Waals surface area contributed by atoms with Gasteiger partial charge in [-0.25, -0.2) is 0 Å². The van der Waals surface area contributed by atoms with Crippen molar-refractivity contribution in [2.24, 2.45) is 0 Å². The van der Waals surface area contributed by atoms with Gasteiger partial charge in [0.15, 0.2) is 11.5 Å². The Morgan fingerprint density at radius 2 is 1.63 bits per heavy atom. The van der Waals surface area contributed by atoms with Crippen LogP contribution in [0, 0.1) is 3.57 Å². The second-order valence-corrected chi connectivity index (χ2v) is 5.50. The Balaban J connectivity index is 2.08. The lowest BCUT2D eigenvalue weighted by atomic mass is 10.1. The number of benzene rings is 2. The highest BCUT2D eigenvalue weighted by atomic mass is 127. The molecule has 0 saturated heterocycles. The van der Waals surface area contributed by atoms with Gasteiger partial charge in [-0.2, -0.15) is 0 Å². The molecule has 0 fully saturated rings. The van der Waals surface area contributed by atoms with E-state index in [2.05, 4.69) is 59.8 Å². The summed E-state index contributed by atoms with van der Waals surface area (Å²) in [5, 5.41) is 0. The minimum atomic E-state index is 0.554. The summed E-state index contributed by atoms with van der Waals surface area (Å²) in [7, 11) is 1.67. The van der Waals surface area contributed by atoms with Crippen molar-refractivity contribution in [2.75, 3.05) is 7.11 Å². The van der Waals surface area contributed by atoms with Crippen molar-refractivity contribution in [3.05, 3.63) is 57.2 Å². The van der Waals surface area contributed by atoms with Crippen LogP contribution in [0.4, 0.5) is 0 Å². The van der Waals surface area contributed by atoms with Crippen LogP contribution in [-0.2, 0) is 13.0 Å². The standard InChI is InChI=1S/C16H17IO2/c1-3-12-6-9-15(16(10-12)18-2)19-11-13-4-7-14(17)8-5-13/h4-10H,3,11H2,1-2H3. The van der Waals surface area contributed by atoms with E-state index in [1.54, 1.807) is 7.11 Å². The molecule has 3 heteroatoms. The summed E-state index contributed by atoms with van der Waals surface area (Å²) in [6.07, 6.45) is 0.994. The molecule has 2 aromatic rings. The van der Waals surface area contributed by atoms with E-state index in [9.17, 15) is 0 Å². The molecule has 2 aromatic carbocycles. The van der Waals surface area contributed by atoms with Crippen LogP contribution < -0.4 is 9.47 Å². The number of hydrogen-bond donors (Lipinski definition) is 0. The van der Waals surface area contributed by atoms with Gasteiger partial charge in [-0.05, 0) is 64.4 Å². The van der Waals surface area contributed by atoms with Gasteiger partial charge in [-0.3, -0.25) is 0 Å². The highest BCUT2D eigenvalue weighted by molar-refractivity contribution is 14.1. The Hall–Kier alpha value is -1.23. The summed E-state index contributed by atoms with van der Waals surface area (Å²) in [4.78, 5) is 0. The molecular weight excluding hydrogens is 351 g/mol. The van der Waals surface area contributed by atoms with Crippen LogP contribution >= 0.6 is 22.6 Å². The number of halogens is 1. The third-order valence-corrected chi connectivity index (χ3v) is 3.66. The summed E-state index contributed by atoms with van der Waals surface area (Å²) in [5.41, 5.74) is 2.40. The third kappa shape index (κ3) is 3.86. The van der Waals surface area contributed by atoms with Crippen molar-refractivity contribution in [2.45, 2.75) is 20.0 Å². The second kappa shape index (κ2) is 6.80. The average Bonchev–Trinajstić information content (AvgIpc) is 2.46. The van der Waals surface area contributed by atoms with E-state index in [0.29, 0.717) is 6.61 Å². The molecule has 0 saturated carbocycles. The van der Waals surface area contributed by atoms with E-state index >= 15 is 0 Å². The zero-order valence-electron chi connectivity index (χ0n) is 11.2. The Labute approximate surface area is 127 Å². The lowest BCUT2D eigenvalue weighted by molar-refractivity contribution is 0.284. The van der Waals surface area contributed by atoms with E-state index in [4.69, 9.17) is 9.47 Å². The molecule has 0 aliphatic heterocycles. The molecule has 0 aromatic heterocycles. The highest BCUT2D eigenvalue weighted by Crippen LogP contribution is 2.29. The van der Waals surface area contributed by atoms with E-state index in [1.165, 1.54) is 9.13 Å². The first-order valence-electron chi connectivity index (χ1n) is 6.27. The summed E-state index contributed by atoms with van der Waals surface area (Å²) in [5.74, 6) is 1.59. The zero-order chi connectivity index (χ0) is 13.7. The molecular formula is C16H17IO2. The van der Waals surface area contributed by atoms with Gasteiger partial charge in [-0.1, -0.05) is 25.1 Å². The van der Waals surface area contributed by atoms with Crippen LogP contribution in [0.5, 0.6) is 11.5 Å². The number of hydrogen-bond acceptors (Lipinski definition) is 2. The first-order valence-corrected chi connectivity index (χ1v) is 7.35. The Morgan fingerprint density at radius 3 is 2.26 bits per heavy atom. The fourth-order valence-corrected chi connectivity index (χ4v) is 2.15. The summed E-state index contributed by atoms with van der Waals surface area (Å²) in [6.45, 7) is 2.68. The SMILES string of the molecule is CCc1ccc(OCc2ccc(I)cc2)c(OC)c1. The maximum Gasteiger partial charge on any atom is 0.161 e. The minimum Gasteiger partial charge on any atom is -0.493 e. The van der Waals surface area contributed by atoms with Gasteiger partial charge in [0.2, 0.25) is 0 Å². The molecule has 0 aliphatic carbocycles. The predicted octanol–water partition coefficient (Wildman–Crippen LogP) is 4.44. The van der Waals surface area contributed by atoms with Crippen LogP contribution in [-0.4, -0.2) is 7.11 Å². The van der Waals surface area contributed by atoms with Gasteiger partial charge in [0.1, 0.15) is 6.61 Å². The summed E-state index contributed by atoms with van der Waals surface area (Å²) in [6, 6.07) is 14.4. The van der Waals surface area contributed by atoms with Crippen molar-refractivity contribution in [3.8, 4) is 11.5 Å². The van der Waals surface area contributed by atoms with Crippen molar-refractivity contribution >= 4 is 22.6 Å². The van der Waals surface area contributed by atoms with Gasteiger partial charge in [0.25, 0.3) is 0 Å². The molecule has 19 heavy (non-hydrogen) atoms. The number of ether oxygens (including phenoxy) is 2. The number of methoxy groups -OCH3 is 1. The van der Waals surface area contributed by atoms with Crippen molar-refractivity contribution in [1.82, 2.24) is 0 Å². The van der Waals surface area contributed by atoms with Crippen LogP contribution in [0.1, 0.15) is 18.1 Å². The zero-order valence-corrected chi connectivity index (χ0v) is 13.3. The van der Waals surface area contributed by atoms with E-state index < -0.39 is 0 Å². The fourth-order valence-electron chi connectivity index (χ4n) is 1.79. The van der Waals surface area contributed by atoms with Crippen LogP contribution in [0.15, 0.2) is 42.5 Å². The molecule has 0 unspecified atom stereocenters. The van der Waals surface area contributed by atoms with Crippen molar-refractivity contribution in [1.29, 1.82) is 0 Å². The molecule has 0 aliphatic rings. The van der Waals surface area contributed by atoms with Crippen molar-refractivity contribution in [3.63, 3.8) is 0 Å². The van der Waals surface area contributed by atoms with Gasteiger partial charge in [0, 0.05) is 3.57 Å². The highest BCUT2D eigenvalue weighted by Gasteiger charge is 2.05. The Morgan fingerprint density at radius 1 is 0.947 bits per heavy atom. The third-order valence-electron chi connectivity index (χ3n) is 2.94. The maximum atomic E-state index is 5.83. The van der Waals surface area contributed by atoms with Crippen LogP contribution in [0.25, 0.3) is 0 Å². The van der Waals surface area contributed by atoms with Crippen molar-refractivity contribution < 1.29 is 9.47 Å².